The van der Waals surface area contributed by atoms with Gasteiger partial charge in [-0.1, -0.05) is 49.7 Å². The van der Waals surface area contributed by atoms with Gasteiger partial charge in [0.1, 0.15) is 11.3 Å². The molecule has 0 fully saturated rings. The maximum absolute atomic E-state index is 12.6. The zero-order valence-corrected chi connectivity index (χ0v) is 17.7. The molecule has 0 spiro atoms. The van der Waals surface area contributed by atoms with Crippen molar-refractivity contribution in [2.45, 2.75) is 37.6 Å². The lowest BCUT2D eigenvalue weighted by atomic mass is 10.2. The Morgan fingerprint density at radius 2 is 1.77 bits per heavy atom. The number of nitrogens with zero attached hydrogens (tertiary/aromatic N) is 3. The molecule has 4 rings (SSSR count). The number of rotatable bonds is 8. The molecule has 7 nitrogen and oxygen atoms in total. The normalized spacial score (nSPS) is 12.0. The molecule has 0 radical (unpaired) electrons. The number of aryl methyl sites for hydroxylation is 1. The first kappa shape index (κ1) is 20.3. The maximum Gasteiger partial charge on any atom is 0.240 e. The molecule has 30 heavy (non-hydrogen) atoms. The number of fused-ring (bicyclic) bond motifs is 3. The summed E-state index contributed by atoms with van der Waals surface area (Å²) in [6.45, 7) is 2.83. The van der Waals surface area contributed by atoms with Gasteiger partial charge in [0, 0.05) is 24.9 Å². The number of hydrogen-bond donors (Lipinski definition) is 2. The van der Waals surface area contributed by atoms with Crippen LogP contribution in [0.15, 0.2) is 59.5 Å². The van der Waals surface area contributed by atoms with E-state index in [0.29, 0.717) is 17.9 Å². The van der Waals surface area contributed by atoms with Crippen molar-refractivity contribution in [2.75, 3.05) is 12.3 Å². The number of pyridine rings is 1. The molecular formula is C22H25N5O2S. The van der Waals surface area contributed by atoms with Crippen molar-refractivity contribution >= 4 is 37.8 Å². The summed E-state index contributed by atoms with van der Waals surface area (Å²) in [7, 11) is -3.57. The molecule has 0 saturated heterocycles. The average molecular weight is 424 g/mol. The summed E-state index contributed by atoms with van der Waals surface area (Å²) in [5, 5.41) is 0.961. The van der Waals surface area contributed by atoms with E-state index >= 15 is 0 Å². The minimum atomic E-state index is -3.57. The van der Waals surface area contributed by atoms with Crippen LogP contribution in [0.1, 0.15) is 25.6 Å². The van der Waals surface area contributed by atoms with Crippen LogP contribution in [0.4, 0.5) is 5.82 Å². The number of anilines is 1. The lowest BCUT2D eigenvalue weighted by molar-refractivity contribution is 0.570. The molecule has 2 heterocycles. The van der Waals surface area contributed by atoms with Crippen molar-refractivity contribution < 1.29 is 8.42 Å². The monoisotopic (exact) mass is 423 g/mol. The second-order valence-corrected chi connectivity index (χ2v) is 8.97. The quantitative estimate of drug-likeness (QED) is 0.452. The summed E-state index contributed by atoms with van der Waals surface area (Å²) in [6, 6.07) is 16.2. The van der Waals surface area contributed by atoms with Gasteiger partial charge in [0.05, 0.1) is 15.9 Å². The topological polar surface area (TPSA) is 103 Å². The molecular weight excluding hydrogens is 398 g/mol. The van der Waals surface area contributed by atoms with Gasteiger partial charge in [-0.3, -0.25) is 0 Å². The number of nitrogens with two attached hydrogens (primary N) is 1. The fraction of sp³-hybridized carbons (Fsp3) is 0.273. The molecule has 0 aliphatic rings. The number of imidazole rings is 1. The molecule has 156 valence electrons. The van der Waals surface area contributed by atoms with Gasteiger partial charge in [-0.05, 0) is 24.6 Å². The van der Waals surface area contributed by atoms with Gasteiger partial charge in [0.2, 0.25) is 10.0 Å². The minimum absolute atomic E-state index is 0.248. The first-order valence-electron chi connectivity index (χ1n) is 10.1. The number of sulfonamides is 1. The van der Waals surface area contributed by atoms with Crippen molar-refractivity contribution in [1.29, 1.82) is 0 Å². The Hall–Kier alpha value is -2.97. The van der Waals surface area contributed by atoms with Gasteiger partial charge in [-0.25, -0.2) is 23.1 Å². The molecule has 2 aromatic carbocycles. The Morgan fingerprint density at radius 3 is 2.53 bits per heavy atom. The minimum Gasteiger partial charge on any atom is -0.382 e. The number of unbranched alkanes of at least 4 members (excludes halogenated alkanes) is 1. The first-order valence-corrected chi connectivity index (χ1v) is 11.6. The molecule has 0 amide bonds. The van der Waals surface area contributed by atoms with Gasteiger partial charge >= 0.3 is 0 Å². The molecule has 0 bridgehead atoms. The van der Waals surface area contributed by atoms with E-state index in [-0.39, 0.29) is 11.4 Å². The van der Waals surface area contributed by atoms with Crippen molar-refractivity contribution in [3.05, 3.63) is 60.4 Å². The van der Waals surface area contributed by atoms with Gasteiger partial charge in [-0.2, -0.15) is 0 Å². The second kappa shape index (κ2) is 8.41. The van der Waals surface area contributed by atoms with Crippen LogP contribution in [-0.2, 0) is 23.0 Å². The number of hydrogen-bond acceptors (Lipinski definition) is 5. The maximum atomic E-state index is 12.6. The van der Waals surface area contributed by atoms with Crippen LogP contribution in [-0.4, -0.2) is 29.5 Å². The van der Waals surface area contributed by atoms with Gasteiger partial charge in [0.25, 0.3) is 0 Å². The molecule has 0 unspecified atom stereocenters. The molecule has 0 aliphatic heterocycles. The molecule has 8 heteroatoms. The van der Waals surface area contributed by atoms with Crippen LogP contribution in [0, 0.1) is 0 Å². The number of nitrogens with one attached hydrogen (secondary N) is 1. The van der Waals surface area contributed by atoms with E-state index in [1.807, 2.05) is 24.3 Å². The predicted octanol–water partition coefficient (Wildman–Crippen LogP) is 3.49. The highest BCUT2D eigenvalue weighted by atomic mass is 32.2. The highest BCUT2D eigenvalue weighted by Gasteiger charge is 2.18. The average Bonchev–Trinajstić information content (AvgIpc) is 3.12. The van der Waals surface area contributed by atoms with Crippen LogP contribution in [0.3, 0.4) is 0 Å². The Balaban J connectivity index is 1.71. The number of benzene rings is 2. The van der Waals surface area contributed by atoms with Crippen LogP contribution < -0.4 is 10.5 Å². The van der Waals surface area contributed by atoms with Crippen LogP contribution in [0.25, 0.3) is 21.9 Å². The smallest absolute Gasteiger partial charge is 0.240 e. The molecule has 3 N–H and O–H groups in total. The van der Waals surface area contributed by atoms with Crippen molar-refractivity contribution in [3.63, 3.8) is 0 Å². The summed E-state index contributed by atoms with van der Waals surface area (Å²) in [5.41, 5.74) is 8.59. The van der Waals surface area contributed by atoms with E-state index in [1.54, 1.807) is 30.3 Å². The first-order chi connectivity index (χ1) is 14.5. The second-order valence-electron chi connectivity index (χ2n) is 7.21. The van der Waals surface area contributed by atoms with Crippen LogP contribution >= 0.6 is 0 Å². The highest BCUT2D eigenvalue weighted by molar-refractivity contribution is 7.89. The third kappa shape index (κ3) is 3.88. The fourth-order valence-corrected chi connectivity index (χ4v) is 4.69. The van der Waals surface area contributed by atoms with Gasteiger partial charge in [0.15, 0.2) is 5.82 Å². The Labute approximate surface area is 176 Å². The third-order valence-corrected chi connectivity index (χ3v) is 6.60. The van der Waals surface area contributed by atoms with E-state index in [2.05, 4.69) is 21.2 Å². The van der Waals surface area contributed by atoms with Crippen LogP contribution in [0.5, 0.6) is 0 Å². The van der Waals surface area contributed by atoms with E-state index in [0.717, 1.165) is 41.5 Å². The number of para-hydroxylation sites is 1. The van der Waals surface area contributed by atoms with Crippen molar-refractivity contribution in [1.82, 2.24) is 19.3 Å². The third-order valence-electron chi connectivity index (χ3n) is 5.12. The standard InChI is InChI=1S/C22H25N5O2S/c1-2-3-13-19-26-20-21(17-11-7-8-12-18(17)25-22(20)23)27(19)15-14-24-30(28,29)16-9-5-4-6-10-16/h4-12,24H,2-3,13-15H2,1H3,(H2,23,25). The summed E-state index contributed by atoms with van der Waals surface area (Å²) in [4.78, 5) is 9.51. The van der Waals surface area contributed by atoms with E-state index in [9.17, 15) is 8.42 Å². The molecule has 0 saturated carbocycles. The molecule has 0 atom stereocenters. The number of nitrogen functional groups attached to an aromatic ring is 1. The lowest BCUT2D eigenvalue weighted by Gasteiger charge is -2.12. The van der Waals surface area contributed by atoms with Crippen molar-refractivity contribution in [2.24, 2.45) is 0 Å². The van der Waals surface area contributed by atoms with Gasteiger partial charge < -0.3 is 10.3 Å². The molecule has 4 aromatic rings. The fourth-order valence-electron chi connectivity index (χ4n) is 3.65. The van der Waals surface area contributed by atoms with E-state index < -0.39 is 10.0 Å². The van der Waals surface area contributed by atoms with Gasteiger partial charge in [-0.15, -0.1) is 0 Å². The molecule has 0 aliphatic carbocycles. The highest BCUT2D eigenvalue weighted by Crippen LogP contribution is 2.29. The summed E-state index contributed by atoms with van der Waals surface area (Å²) in [5.74, 6) is 1.29. The Morgan fingerprint density at radius 1 is 1.03 bits per heavy atom. The van der Waals surface area contributed by atoms with E-state index in [4.69, 9.17) is 10.7 Å². The summed E-state index contributed by atoms with van der Waals surface area (Å²) >= 11 is 0. The zero-order chi connectivity index (χ0) is 21.1. The Bertz CT molecular complexity index is 1280. The lowest BCUT2D eigenvalue weighted by Crippen LogP contribution is -2.27. The largest absolute Gasteiger partial charge is 0.382 e. The van der Waals surface area contributed by atoms with Crippen molar-refractivity contribution in [3.8, 4) is 0 Å². The van der Waals surface area contributed by atoms with Crippen LogP contribution in [0.2, 0.25) is 0 Å². The Kier molecular flexibility index (Phi) is 5.69. The number of aromatic nitrogens is 3. The van der Waals surface area contributed by atoms with E-state index in [1.165, 1.54) is 0 Å². The predicted molar refractivity (Wildman–Crippen MR) is 120 cm³/mol. The SMILES string of the molecule is CCCCc1nc2c(N)nc3ccccc3c2n1CCNS(=O)(=O)c1ccccc1. The summed E-state index contributed by atoms with van der Waals surface area (Å²) in [6.07, 6.45) is 2.83. The zero-order valence-electron chi connectivity index (χ0n) is 16.9. The molecule has 2 aromatic heterocycles. The summed E-state index contributed by atoms with van der Waals surface area (Å²) < 4.78 is 29.9.